The SMILES string of the molecule is CCCC(=O)N1C(=O)C2CCCCC2C1=O. The molecule has 3 amide bonds. The zero-order chi connectivity index (χ0) is 11.7. The van der Waals surface area contributed by atoms with E-state index in [0.29, 0.717) is 6.42 Å². The molecule has 0 radical (unpaired) electrons. The van der Waals surface area contributed by atoms with E-state index in [4.69, 9.17) is 0 Å². The minimum absolute atomic E-state index is 0.206. The molecule has 4 heteroatoms. The van der Waals surface area contributed by atoms with Crippen molar-refractivity contribution in [1.29, 1.82) is 0 Å². The summed E-state index contributed by atoms with van der Waals surface area (Å²) in [5.74, 6) is -1.21. The number of amides is 3. The maximum atomic E-state index is 12.0. The van der Waals surface area contributed by atoms with Gasteiger partial charge in [0.1, 0.15) is 0 Å². The Morgan fingerprint density at radius 1 is 1.19 bits per heavy atom. The summed E-state index contributed by atoms with van der Waals surface area (Å²) in [5, 5.41) is 0. The van der Waals surface area contributed by atoms with Gasteiger partial charge in [-0.2, -0.15) is 0 Å². The molecule has 1 saturated carbocycles. The lowest BCUT2D eigenvalue weighted by atomic mass is 9.81. The van der Waals surface area contributed by atoms with Crippen molar-refractivity contribution < 1.29 is 14.4 Å². The standard InChI is InChI=1S/C12H17NO3/c1-2-5-10(14)13-11(15)8-6-3-4-7-9(8)12(13)16/h8-9H,2-7H2,1H3. The highest BCUT2D eigenvalue weighted by molar-refractivity contribution is 6.17. The van der Waals surface area contributed by atoms with Crippen LogP contribution in [0.1, 0.15) is 45.4 Å². The van der Waals surface area contributed by atoms with Gasteiger partial charge in [-0.1, -0.05) is 19.8 Å². The molecule has 16 heavy (non-hydrogen) atoms. The number of nitrogens with zero attached hydrogens (tertiary/aromatic N) is 1. The Balaban J connectivity index is 2.18. The predicted octanol–water partition coefficient (Wildman–Crippen LogP) is 1.49. The van der Waals surface area contributed by atoms with Gasteiger partial charge in [0.05, 0.1) is 11.8 Å². The molecule has 1 aliphatic carbocycles. The van der Waals surface area contributed by atoms with Gasteiger partial charge in [-0.25, -0.2) is 4.90 Å². The van der Waals surface area contributed by atoms with E-state index < -0.39 is 0 Å². The first kappa shape index (κ1) is 11.3. The number of rotatable bonds is 2. The first-order valence-corrected chi connectivity index (χ1v) is 6.07. The van der Waals surface area contributed by atoms with E-state index in [1.165, 1.54) is 0 Å². The van der Waals surface area contributed by atoms with Crippen LogP contribution in [0.5, 0.6) is 0 Å². The van der Waals surface area contributed by atoms with Crippen molar-refractivity contribution in [3.05, 3.63) is 0 Å². The smallest absolute Gasteiger partial charge is 0.239 e. The van der Waals surface area contributed by atoms with E-state index in [0.717, 1.165) is 30.6 Å². The van der Waals surface area contributed by atoms with E-state index in [9.17, 15) is 14.4 Å². The van der Waals surface area contributed by atoms with Crippen LogP contribution in [0.4, 0.5) is 0 Å². The molecular weight excluding hydrogens is 206 g/mol. The fourth-order valence-corrected chi connectivity index (χ4v) is 2.73. The van der Waals surface area contributed by atoms with E-state index in [1.807, 2.05) is 6.92 Å². The molecule has 0 bridgehead atoms. The molecule has 0 aromatic carbocycles. The van der Waals surface area contributed by atoms with Gasteiger partial charge in [-0.3, -0.25) is 14.4 Å². The number of hydrogen-bond acceptors (Lipinski definition) is 3. The molecule has 0 spiro atoms. The van der Waals surface area contributed by atoms with Gasteiger partial charge >= 0.3 is 0 Å². The minimum Gasteiger partial charge on any atom is -0.274 e. The van der Waals surface area contributed by atoms with E-state index >= 15 is 0 Å². The van der Waals surface area contributed by atoms with Crippen LogP contribution in [0.15, 0.2) is 0 Å². The second kappa shape index (κ2) is 4.36. The third kappa shape index (κ3) is 1.66. The van der Waals surface area contributed by atoms with E-state index in [2.05, 4.69) is 0 Å². The molecule has 2 atom stereocenters. The third-order valence-electron chi connectivity index (χ3n) is 3.55. The van der Waals surface area contributed by atoms with Crippen molar-refractivity contribution in [1.82, 2.24) is 4.90 Å². The summed E-state index contributed by atoms with van der Waals surface area (Å²) in [5.41, 5.74) is 0. The number of carbonyl (C=O) groups is 3. The van der Waals surface area contributed by atoms with Gasteiger partial charge in [-0.05, 0) is 19.3 Å². The van der Waals surface area contributed by atoms with Crippen molar-refractivity contribution in [3.63, 3.8) is 0 Å². The van der Waals surface area contributed by atoms with Gasteiger partial charge in [0.25, 0.3) is 0 Å². The molecule has 88 valence electrons. The van der Waals surface area contributed by atoms with Crippen molar-refractivity contribution in [2.75, 3.05) is 0 Å². The minimum atomic E-state index is -0.313. The first-order valence-electron chi connectivity index (χ1n) is 6.07. The molecule has 0 N–H and O–H groups in total. The molecule has 1 heterocycles. The Morgan fingerprint density at radius 3 is 2.12 bits per heavy atom. The van der Waals surface area contributed by atoms with Crippen LogP contribution in [0, 0.1) is 11.8 Å². The lowest BCUT2D eigenvalue weighted by Crippen LogP contribution is -2.36. The molecule has 2 unspecified atom stereocenters. The summed E-state index contributed by atoms with van der Waals surface area (Å²) in [6, 6.07) is 0. The Labute approximate surface area is 95.0 Å². The monoisotopic (exact) mass is 223 g/mol. The van der Waals surface area contributed by atoms with Crippen molar-refractivity contribution in [2.45, 2.75) is 45.4 Å². The number of imide groups is 3. The number of carbonyl (C=O) groups excluding carboxylic acids is 3. The maximum absolute atomic E-state index is 12.0. The quantitative estimate of drug-likeness (QED) is 0.666. The largest absolute Gasteiger partial charge is 0.274 e. The molecule has 4 nitrogen and oxygen atoms in total. The molecule has 0 aromatic heterocycles. The molecule has 2 rings (SSSR count). The summed E-state index contributed by atoms with van der Waals surface area (Å²) >= 11 is 0. The predicted molar refractivity (Wildman–Crippen MR) is 57.2 cm³/mol. The number of fused-ring (bicyclic) bond motifs is 1. The van der Waals surface area contributed by atoms with Crippen molar-refractivity contribution >= 4 is 17.7 Å². The third-order valence-corrected chi connectivity index (χ3v) is 3.55. The summed E-state index contributed by atoms with van der Waals surface area (Å²) in [6.45, 7) is 1.87. The fraction of sp³-hybridized carbons (Fsp3) is 0.750. The molecule has 2 fully saturated rings. The topological polar surface area (TPSA) is 54.5 Å². The number of hydrogen-bond donors (Lipinski definition) is 0. The first-order chi connectivity index (χ1) is 7.66. The summed E-state index contributed by atoms with van der Waals surface area (Å²) < 4.78 is 0. The van der Waals surface area contributed by atoms with Gasteiger partial charge in [-0.15, -0.1) is 0 Å². The summed E-state index contributed by atoms with van der Waals surface area (Å²) in [6.07, 6.45) is 4.49. The molecule has 1 saturated heterocycles. The van der Waals surface area contributed by atoms with Crippen LogP contribution < -0.4 is 0 Å². The molecule has 2 aliphatic rings. The Bertz CT molecular complexity index is 313. The summed E-state index contributed by atoms with van der Waals surface area (Å²) in [7, 11) is 0. The van der Waals surface area contributed by atoms with E-state index in [1.54, 1.807) is 0 Å². The zero-order valence-corrected chi connectivity index (χ0v) is 9.57. The van der Waals surface area contributed by atoms with Crippen LogP contribution in [-0.2, 0) is 14.4 Å². The highest BCUT2D eigenvalue weighted by Gasteiger charge is 2.50. The van der Waals surface area contributed by atoms with Crippen LogP contribution in [-0.4, -0.2) is 22.6 Å². The average molecular weight is 223 g/mol. The lowest BCUT2D eigenvalue weighted by molar-refractivity contribution is -0.150. The van der Waals surface area contributed by atoms with E-state index in [-0.39, 0.29) is 36.0 Å². The maximum Gasteiger partial charge on any atom is 0.239 e. The highest BCUT2D eigenvalue weighted by Crippen LogP contribution is 2.38. The summed E-state index contributed by atoms with van der Waals surface area (Å²) in [4.78, 5) is 36.5. The second-order valence-electron chi connectivity index (χ2n) is 4.65. The van der Waals surface area contributed by atoms with Gasteiger partial charge in [0, 0.05) is 6.42 Å². The lowest BCUT2D eigenvalue weighted by Gasteiger charge is -2.19. The van der Waals surface area contributed by atoms with Crippen LogP contribution in [0.3, 0.4) is 0 Å². The van der Waals surface area contributed by atoms with Crippen LogP contribution >= 0.6 is 0 Å². The molecule has 0 aromatic rings. The molecule has 1 aliphatic heterocycles. The van der Waals surface area contributed by atoms with Gasteiger partial charge in [0.15, 0.2) is 0 Å². The average Bonchev–Trinajstić information content (AvgIpc) is 2.53. The second-order valence-corrected chi connectivity index (χ2v) is 4.65. The highest BCUT2D eigenvalue weighted by atomic mass is 16.2. The van der Waals surface area contributed by atoms with Crippen molar-refractivity contribution in [2.24, 2.45) is 11.8 Å². The zero-order valence-electron chi connectivity index (χ0n) is 9.57. The molecular formula is C12H17NO3. The Morgan fingerprint density at radius 2 is 1.69 bits per heavy atom. The normalized spacial score (nSPS) is 29.4. The Hall–Kier alpha value is -1.19. The van der Waals surface area contributed by atoms with Gasteiger partial charge < -0.3 is 0 Å². The fourth-order valence-electron chi connectivity index (χ4n) is 2.73. The Kier molecular flexibility index (Phi) is 3.08. The van der Waals surface area contributed by atoms with Crippen LogP contribution in [0.25, 0.3) is 0 Å². The number of likely N-dealkylation sites (tertiary alicyclic amines) is 1. The van der Waals surface area contributed by atoms with Crippen molar-refractivity contribution in [3.8, 4) is 0 Å². The van der Waals surface area contributed by atoms with Gasteiger partial charge in [0.2, 0.25) is 17.7 Å². The van der Waals surface area contributed by atoms with Crippen LogP contribution in [0.2, 0.25) is 0 Å².